The maximum Gasteiger partial charge on any atom is 0.130 e. The molecule has 0 aliphatic carbocycles. The van der Waals surface area contributed by atoms with Crippen molar-refractivity contribution in [3.05, 3.63) is 0 Å². The summed E-state index contributed by atoms with van der Waals surface area (Å²) in [6, 6.07) is 0.202. The van der Waals surface area contributed by atoms with Gasteiger partial charge in [0.1, 0.15) is 8.64 Å². The van der Waals surface area contributed by atoms with Crippen LogP contribution in [0.1, 0.15) is 12.8 Å². The molecule has 0 amide bonds. The molecule has 1 atom stereocenters. The van der Waals surface area contributed by atoms with E-state index in [9.17, 15) is 0 Å². The fraction of sp³-hybridized carbons (Fsp3) is 0.714. The molecule has 0 aliphatic rings. The first kappa shape index (κ1) is 14.4. The van der Waals surface area contributed by atoms with Crippen LogP contribution in [0.3, 0.4) is 0 Å². The highest BCUT2D eigenvalue weighted by Gasteiger charge is 2.07. The highest BCUT2D eigenvalue weighted by atomic mass is 32.1. The third kappa shape index (κ3) is 9.01. The molecule has 3 nitrogen and oxygen atoms in total. The van der Waals surface area contributed by atoms with Crippen molar-refractivity contribution in [3.63, 3.8) is 0 Å². The fourth-order valence-electron chi connectivity index (χ4n) is 0.975. The van der Waals surface area contributed by atoms with Gasteiger partial charge in [0.15, 0.2) is 0 Å². The van der Waals surface area contributed by atoms with Crippen LogP contribution in [0, 0.1) is 0 Å². The van der Waals surface area contributed by atoms with Gasteiger partial charge in [0, 0.05) is 12.6 Å². The number of hydrogen-bond acceptors (Lipinski definition) is 3. The van der Waals surface area contributed by atoms with Crippen LogP contribution < -0.4 is 16.4 Å². The minimum atomic E-state index is 0.202. The van der Waals surface area contributed by atoms with Crippen LogP contribution in [0.4, 0.5) is 0 Å². The topological polar surface area (TPSA) is 50.1 Å². The maximum atomic E-state index is 5.42. The lowest BCUT2D eigenvalue weighted by molar-refractivity contribution is 0.538. The molecule has 1 unspecified atom stereocenters. The van der Waals surface area contributed by atoms with Crippen LogP contribution in [0.25, 0.3) is 0 Å². The molecule has 0 aromatic heterocycles. The van der Waals surface area contributed by atoms with Crippen LogP contribution in [-0.2, 0) is 0 Å². The Labute approximate surface area is 106 Å². The summed E-state index contributed by atoms with van der Waals surface area (Å²) in [5, 5.41) is 6.01. The van der Waals surface area contributed by atoms with Crippen molar-refractivity contribution >= 4 is 58.3 Å². The summed E-state index contributed by atoms with van der Waals surface area (Å²) in [7, 11) is 0. The maximum absolute atomic E-state index is 5.42. The number of thiocarbonyl (C=S) groups is 2. The molecule has 0 saturated heterocycles. The average molecular weight is 269 g/mol. The molecule has 0 saturated carbocycles. The van der Waals surface area contributed by atoms with Crippen LogP contribution in [-0.4, -0.2) is 27.8 Å². The van der Waals surface area contributed by atoms with Crippen molar-refractivity contribution < 1.29 is 0 Å². The van der Waals surface area contributed by atoms with Gasteiger partial charge < -0.3 is 16.4 Å². The first-order valence-corrected chi connectivity index (χ1v) is 5.93. The van der Waals surface area contributed by atoms with Crippen molar-refractivity contribution in [1.29, 1.82) is 0 Å². The number of nitrogens with two attached hydrogens (primary N) is 1. The van der Waals surface area contributed by atoms with E-state index in [1.54, 1.807) is 0 Å². The van der Waals surface area contributed by atoms with Gasteiger partial charge >= 0.3 is 0 Å². The Morgan fingerprint density at radius 2 is 1.93 bits per heavy atom. The van der Waals surface area contributed by atoms with Crippen molar-refractivity contribution in [2.24, 2.45) is 5.73 Å². The lowest BCUT2D eigenvalue weighted by atomic mass is 10.1. The molecule has 0 aliphatic heterocycles. The molecule has 4 N–H and O–H groups in total. The third-order valence-electron chi connectivity index (χ3n) is 1.58. The predicted molar refractivity (Wildman–Crippen MR) is 76.4 cm³/mol. The van der Waals surface area contributed by atoms with E-state index in [2.05, 4.69) is 35.9 Å². The molecular formula is C7H15N3S4. The van der Waals surface area contributed by atoms with E-state index in [0.29, 0.717) is 21.7 Å². The normalized spacial score (nSPS) is 11.9. The molecular weight excluding hydrogens is 254 g/mol. The van der Waals surface area contributed by atoms with Gasteiger partial charge in [-0.2, -0.15) is 0 Å². The summed E-state index contributed by atoms with van der Waals surface area (Å²) in [4.78, 5) is 0. The highest BCUT2D eigenvalue weighted by molar-refractivity contribution is 8.11. The van der Waals surface area contributed by atoms with E-state index in [-0.39, 0.29) is 6.04 Å². The van der Waals surface area contributed by atoms with E-state index in [4.69, 9.17) is 30.2 Å². The van der Waals surface area contributed by atoms with Gasteiger partial charge in [0.2, 0.25) is 0 Å². The van der Waals surface area contributed by atoms with E-state index < -0.39 is 0 Å². The number of nitrogens with one attached hydrogen (secondary N) is 2. The molecule has 82 valence electrons. The minimum absolute atomic E-state index is 0.202. The summed E-state index contributed by atoms with van der Waals surface area (Å²) in [6.07, 6.45) is 1.87. The molecule has 0 fully saturated rings. The van der Waals surface area contributed by atoms with Crippen LogP contribution >= 0.6 is 49.7 Å². The van der Waals surface area contributed by atoms with Gasteiger partial charge in [-0.15, -0.1) is 25.3 Å². The molecule has 14 heavy (non-hydrogen) atoms. The van der Waals surface area contributed by atoms with Crippen molar-refractivity contribution in [2.45, 2.75) is 18.9 Å². The fourth-order valence-corrected chi connectivity index (χ4v) is 1.50. The number of hydrogen-bond donors (Lipinski definition) is 5. The molecule has 0 aromatic rings. The molecule has 7 heteroatoms. The minimum Gasteiger partial charge on any atom is -0.369 e. The summed E-state index contributed by atoms with van der Waals surface area (Å²) in [6.45, 7) is 1.35. The monoisotopic (exact) mass is 269 g/mol. The first-order valence-electron chi connectivity index (χ1n) is 4.22. The largest absolute Gasteiger partial charge is 0.369 e. The average Bonchev–Trinajstić information content (AvgIpc) is 2.09. The van der Waals surface area contributed by atoms with Crippen molar-refractivity contribution in [3.8, 4) is 0 Å². The van der Waals surface area contributed by atoms with Gasteiger partial charge in [-0.3, -0.25) is 0 Å². The van der Waals surface area contributed by atoms with Crippen LogP contribution in [0.15, 0.2) is 0 Å². The summed E-state index contributed by atoms with van der Waals surface area (Å²) in [5.41, 5.74) is 5.42. The zero-order valence-corrected chi connectivity index (χ0v) is 11.1. The quantitative estimate of drug-likeness (QED) is 0.363. The van der Waals surface area contributed by atoms with E-state index in [1.165, 1.54) is 0 Å². The van der Waals surface area contributed by atoms with Gasteiger partial charge in [-0.05, 0) is 19.4 Å². The molecule has 0 heterocycles. The second kappa shape index (κ2) is 8.72. The van der Waals surface area contributed by atoms with E-state index in [1.807, 2.05) is 0 Å². The molecule has 0 bridgehead atoms. The first-order chi connectivity index (χ1) is 6.56. The summed E-state index contributed by atoms with van der Waals surface area (Å²) < 4.78 is 0.966. The van der Waals surface area contributed by atoms with Gasteiger partial charge in [0.25, 0.3) is 0 Å². The smallest absolute Gasteiger partial charge is 0.130 e. The molecule has 0 rings (SSSR count). The van der Waals surface area contributed by atoms with Crippen LogP contribution in [0.5, 0.6) is 0 Å². The van der Waals surface area contributed by atoms with E-state index in [0.717, 1.165) is 12.8 Å². The predicted octanol–water partition coefficient (Wildman–Crippen LogP) is 0.703. The third-order valence-corrected chi connectivity index (χ3v) is 2.13. The van der Waals surface area contributed by atoms with Crippen molar-refractivity contribution in [2.75, 3.05) is 13.1 Å². The van der Waals surface area contributed by atoms with Gasteiger partial charge in [-0.1, -0.05) is 24.4 Å². The second-order valence-corrected chi connectivity index (χ2v) is 5.08. The zero-order valence-electron chi connectivity index (χ0n) is 7.69. The Balaban J connectivity index is 3.83. The Morgan fingerprint density at radius 3 is 2.36 bits per heavy atom. The van der Waals surface area contributed by atoms with E-state index >= 15 is 0 Å². The Hall–Kier alpha value is 0.440. The Kier molecular flexibility index (Phi) is 9.00. The lowest BCUT2D eigenvalue weighted by Crippen LogP contribution is -2.40. The van der Waals surface area contributed by atoms with Gasteiger partial charge in [-0.25, -0.2) is 0 Å². The Bertz CT molecular complexity index is 197. The SMILES string of the molecule is NCCCC(CNC(=S)S)NC(=S)S. The molecule has 0 aromatic carbocycles. The lowest BCUT2D eigenvalue weighted by Gasteiger charge is -2.18. The molecule has 0 spiro atoms. The van der Waals surface area contributed by atoms with Crippen LogP contribution in [0.2, 0.25) is 0 Å². The number of thiol groups is 2. The summed E-state index contributed by atoms with van der Waals surface area (Å²) >= 11 is 17.6. The van der Waals surface area contributed by atoms with Gasteiger partial charge in [0.05, 0.1) is 0 Å². The molecule has 0 radical (unpaired) electrons. The van der Waals surface area contributed by atoms with Crippen molar-refractivity contribution in [1.82, 2.24) is 10.6 Å². The zero-order chi connectivity index (χ0) is 11.0. The standard InChI is InChI=1S/C7H15N3S4/c8-3-1-2-5(10-7(13)14)4-9-6(11)12/h5H,1-4,8H2,(H2,9,11,12)(H2,10,13,14). The Morgan fingerprint density at radius 1 is 1.29 bits per heavy atom. The summed E-state index contributed by atoms with van der Waals surface area (Å²) in [5.74, 6) is 0. The highest BCUT2D eigenvalue weighted by Crippen LogP contribution is 1.97. The number of rotatable bonds is 6. The second-order valence-electron chi connectivity index (χ2n) is 2.76.